The van der Waals surface area contributed by atoms with E-state index in [1.165, 1.54) is 11.3 Å². The highest BCUT2D eigenvalue weighted by molar-refractivity contribution is 5.81. The van der Waals surface area contributed by atoms with E-state index in [1.807, 2.05) is 12.4 Å². The molecule has 0 radical (unpaired) electrons. The SMILES string of the molecule is NOCCc1cccc(N2C=NCC2)c1. The first-order valence-corrected chi connectivity index (χ1v) is 5.07. The molecule has 1 aromatic rings. The molecular weight excluding hydrogens is 190 g/mol. The van der Waals surface area contributed by atoms with E-state index < -0.39 is 0 Å². The van der Waals surface area contributed by atoms with Crippen molar-refractivity contribution in [2.45, 2.75) is 6.42 Å². The average Bonchev–Trinajstić information content (AvgIpc) is 2.80. The minimum absolute atomic E-state index is 0.553. The largest absolute Gasteiger partial charge is 0.331 e. The molecule has 4 heteroatoms. The molecular formula is C11H15N3O. The molecule has 80 valence electrons. The molecule has 0 unspecified atom stereocenters. The van der Waals surface area contributed by atoms with E-state index in [1.54, 1.807) is 0 Å². The van der Waals surface area contributed by atoms with Crippen LogP contribution in [0.1, 0.15) is 5.56 Å². The maximum Gasteiger partial charge on any atom is 0.0895 e. The Morgan fingerprint density at radius 2 is 2.40 bits per heavy atom. The summed E-state index contributed by atoms with van der Waals surface area (Å²) in [7, 11) is 0. The Labute approximate surface area is 89.3 Å². The summed E-state index contributed by atoms with van der Waals surface area (Å²) in [6.07, 6.45) is 2.73. The van der Waals surface area contributed by atoms with Crippen molar-refractivity contribution in [3.8, 4) is 0 Å². The van der Waals surface area contributed by atoms with Crippen LogP contribution in [0.3, 0.4) is 0 Å². The van der Waals surface area contributed by atoms with Crippen molar-refractivity contribution in [1.82, 2.24) is 0 Å². The molecule has 15 heavy (non-hydrogen) atoms. The standard InChI is InChI=1S/C11H15N3O/c12-15-7-4-10-2-1-3-11(8-10)14-6-5-13-9-14/h1-3,8-9H,4-7,12H2. The molecule has 0 spiro atoms. The maximum absolute atomic E-state index is 5.00. The van der Waals surface area contributed by atoms with Crippen LogP contribution in [0.5, 0.6) is 0 Å². The third-order valence-corrected chi connectivity index (χ3v) is 2.44. The van der Waals surface area contributed by atoms with E-state index in [0.29, 0.717) is 6.61 Å². The van der Waals surface area contributed by atoms with Crippen LogP contribution in [-0.4, -0.2) is 26.0 Å². The van der Waals surface area contributed by atoms with Gasteiger partial charge in [-0.1, -0.05) is 12.1 Å². The van der Waals surface area contributed by atoms with Gasteiger partial charge in [-0.3, -0.25) is 4.99 Å². The van der Waals surface area contributed by atoms with E-state index in [9.17, 15) is 0 Å². The highest BCUT2D eigenvalue weighted by atomic mass is 16.6. The van der Waals surface area contributed by atoms with Crippen molar-refractivity contribution in [2.24, 2.45) is 10.9 Å². The minimum atomic E-state index is 0.553. The summed E-state index contributed by atoms with van der Waals surface area (Å²) in [5.74, 6) is 5.00. The highest BCUT2D eigenvalue weighted by Gasteiger charge is 2.07. The van der Waals surface area contributed by atoms with Crippen LogP contribution in [0.15, 0.2) is 29.3 Å². The van der Waals surface area contributed by atoms with Gasteiger partial charge in [-0.05, 0) is 24.1 Å². The van der Waals surface area contributed by atoms with Gasteiger partial charge in [0.15, 0.2) is 0 Å². The van der Waals surface area contributed by atoms with Gasteiger partial charge in [0.1, 0.15) is 0 Å². The molecule has 0 atom stereocenters. The number of anilines is 1. The summed E-state index contributed by atoms with van der Waals surface area (Å²) in [5.41, 5.74) is 2.42. The summed E-state index contributed by atoms with van der Waals surface area (Å²) < 4.78 is 0. The Morgan fingerprint density at radius 1 is 1.47 bits per heavy atom. The zero-order valence-corrected chi connectivity index (χ0v) is 8.60. The Balaban J connectivity index is 2.08. The lowest BCUT2D eigenvalue weighted by atomic mass is 10.1. The number of nitrogens with zero attached hydrogens (tertiary/aromatic N) is 2. The normalized spacial score (nSPS) is 14.9. The second-order valence-corrected chi connectivity index (χ2v) is 3.51. The maximum atomic E-state index is 5.00. The Kier molecular flexibility index (Phi) is 3.32. The highest BCUT2D eigenvalue weighted by Crippen LogP contribution is 2.16. The fraction of sp³-hybridized carbons (Fsp3) is 0.364. The molecule has 0 bridgehead atoms. The fourth-order valence-corrected chi connectivity index (χ4v) is 1.64. The minimum Gasteiger partial charge on any atom is -0.331 e. The van der Waals surface area contributed by atoms with Gasteiger partial charge >= 0.3 is 0 Å². The van der Waals surface area contributed by atoms with Crippen molar-refractivity contribution in [2.75, 3.05) is 24.6 Å². The molecule has 0 fully saturated rings. The zero-order chi connectivity index (χ0) is 10.5. The lowest BCUT2D eigenvalue weighted by Gasteiger charge is -2.14. The Hall–Kier alpha value is -1.39. The van der Waals surface area contributed by atoms with E-state index >= 15 is 0 Å². The van der Waals surface area contributed by atoms with Crippen molar-refractivity contribution in [3.05, 3.63) is 29.8 Å². The first-order chi connectivity index (χ1) is 7.40. The number of hydrogen-bond acceptors (Lipinski definition) is 4. The molecule has 0 amide bonds. The predicted molar refractivity (Wildman–Crippen MR) is 61.0 cm³/mol. The summed E-state index contributed by atoms with van der Waals surface area (Å²) in [4.78, 5) is 10.9. The molecule has 0 saturated carbocycles. The number of aliphatic imine (C=N–C) groups is 1. The van der Waals surface area contributed by atoms with Crippen LogP contribution in [0.25, 0.3) is 0 Å². The zero-order valence-electron chi connectivity index (χ0n) is 8.60. The quantitative estimate of drug-likeness (QED) is 0.745. The van der Waals surface area contributed by atoms with Crippen LogP contribution in [0, 0.1) is 0 Å². The molecule has 2 N–H and O–H groups in total. The van der Waals surface area contributed by atoms with Gasteiger partial charge in [-0.25, -0.2) is 5.90 Å². The summed E-state index contributed by atoms with van der Waals surface area (Å²) in [6, 6.07) is 8.36. The second kappa shape index (κ2) is 4.91. The third kappa shape index (κ3) is 2.55. The third-order valence-electron chi connectivity index (χ3n) is 2.44. The summed E-state index contributed by atoms with van der Waals surface area (Å²) >= 11 is 0. The first kappa shape index (κ1) is 10.1. The Bertz CT molecular complexity index is 351. The van der Waals surface area contributed by atoms with Gasteiger partial charge in [0.05, 0.1) is 19.5 Å². The van der Waals surface area contributed by atoms with Gasteiger partial charge in [-0.15, -0.1) is 0 Å². The van der Waals surface area contributed by atoms with Gasteiger partial charge in [0.2, 0.25) is 0 Å². The molecule has 1 heterocycles. The van der Waals surface area contributed by atoms with Gasteiger partial charge < -0.3 is 9.74 Å². The smallest absolute Gasteiger partial charge is 0.0895 e. The van der Waals surface area contributed by atoms with Crippen molar-refractivity contribution in [1.29, 1.82) is 0 Å². The fourth-order valence-electron chi connectivity index (χ4n) is 1.64. The Morgan fingerprint density at radius 3 is 3.13 bits per heavy atom. The van der Waals surface area contributed by atoms with E-state index in [0.717, 1.165) is 19.5 Å². The van der Waals surface area contributed by atoms with E-state index in [-0.39, 0.29) is 0 Å². The summed E-state index contributed by atoms with van der Waals surface area (Å²) in [5, 5.41) is 0. The van der Waals surface area contributed by atoms with Gasteiger partial charge in [-0.2, -0.15) is 0 Å². The van der Waals surface area contributed by atoms with Gasteiger partial charge in [0, 0.05) is 12.2 Å². The van der Waals surface area contributed by atoms with E-state index in [4.69, 9.17) is 5.90 Å². The van der Waals surface area contributed by atoms with Crippen molar-refractivity contribution < 1.29 is 4.84 Å². The van der Waals surface area contributed by atoms with Crippen molar-refractivity contribution >= 4 is 12.0 Å². The molecule has 0 aliphatic carbocycles. The molecule has 4 nitrogen and oxygen atoms in total. The van der Waals surface area contributed by atoms with Crippen LogP contribution < -0.4 is 10.8 Å². The number of benzene rings is 1. The van der Waals surface area contributed by atoms with Crippen molar-refractivity contribution in [3.63, 3.8) is 0 Å². The van der Waals surface area contributed by atoms with Gasteiger partial charge in [0.25, 0.3) is 0 Å². The number of rotatable bonds is 4. The molecule has 1 aliphatic heterocycles. The molecule has 0 aromatic heterocycles. The topological polar surface area (TPSA) is 50.9 Å². The summed E-state index contributed by atoms with van der Waals surface area (Å²) in [6.45, 7) is 2.41. The number of nitrogens with two attached hydrogens (primary N) is 1. The van der Waals surface area contributed by atoms with Crippen LogP contribution in [0.2, 0.25) is 0 Å². The van der Waals surface area contributed by atoms with Crippen LogP contribution in [0.4, 0.5) is 5.69 Å². The number of hydrogen-bond donors (Lipinski definition) is 1. The molecule has 1 aromatic carbocycles. The lowest BCUT2D eigenvalue weighted by molar-refractivity contribution is 0.141. The lowest BCUT2D eigenvalue weighted by Crippen LogP contribution is -2.18. The first-order valence-electron chi connectivity index (χ1n) is 5.07. The molecule has 0 saturated heterocycles. The molecule has 1 aliphatic rings. The van der Waals surface area contributed by atoms with Crippen LogP contribution >= 0.6 is 0 Å². The second-order valence-electron chi connectivity index (χ2n) is 3.51. The average molecular weight is 205 g/mol. The molecule has 2 rings (SSSR count). The predicted octanol–water partition coefficient (Wildman–Crippen LogP) is 0.968. The van der Waals surface area contributed by atoms with E-state index in [2.05, 4.69) is 32.9 Å². The monoisotopic (exact) mass is 205 g/mol. The van der Waals surface area contributed by atoms with Crippen LogP contribution in [-0.2, 0) is 11.3 Å².